The van der Waals surface area contributed by atoms with Crippen LogP contribution in [0.25, 0.3) is 0 Å². The van der Waals surface area contributed by atoms with Gasteiger partial charge in [-0.3, -0.25) is 9.69 Å². The molecule has 0 unspecified atom stereocenters. The van der Waals surface area contributed by atoms with Crippen LogP contribution in [0.15, 0.2) is 30.6 Å². The second-order valence-corrected chi connectivity index (χ2v) is 8.92. The third-order valence-corrected chi connectivity index (χ3v) is 6.71. The first kappa shape index (κ1) is 23.3. The van der Waals surface area contributed by atoms with Crippen molar-refractivity contribution >= 4 is 17.5 Å². The van der Waals surface area contributed by atoms with E-state index in [1.165, 1.54) is 0 Å². The second-order valence-electron chi connectivity index (χ2n) is 8.92. The molecule has 0 spiro atoms. The van der Waals surface area contributed by atoms with Gasteiger partial charge in [0.25, 0.3) is 5.91 Å². The Morgan fingerprint density at radius 2 is 1.88 bits per heavy atom. The molecule has 0 radical (unpaired) electrons. The van der Waals surface area contributed by atoms with Gasteiger partial charge < -0.3 is 15.5 Å². The molecule has 2 aliphatic rings. The van der Waals surface area contributed by atoms with Crippen molar-refractivity contribution in [3.05, 3.63) is 47.8 Å². The van der Waals surface area contributed by atoms with Crippen molar-refractivity contribution in [1.82, 2.24) is 19.8 Å². The minimum atomic E-state index is -1.86. The number of alkyl halides is 1. The zero-order valence-electron chi connectivity index (χ0n) is 18.7. The van der Waals surface area contributed by atoms with E-state index in [1.807, 2.05) is 6.07 Å². The highest BCUT2D eigenvalue weighted by Gasteiger charge is 2.45. The molecule has 0 saturated carbocycles. The summed E-state index contributed by atoms with van der Waals surface area (Å²) in [4.78, 5) is 26.2. The predicted molar refractivity (Wildman–Crippen MR) is 119 cm³/mol. The van der Waals surface area contributed by atoms with Crippen LogP contribution in [0.4, 0.5) is 24.8 Å². The lowest BCUT2D eigenvalue weighted by molar-refractivity contribution is -0.148. The Balaban J connectivity index is 1.29. The summed E-state index contributed by atoms with van der Waals surface area (Å²) >= 11 is 0. The Hall–Kier alpha value is -2.88. The number of nitrogen functional groups attached to an aromatic ring is 1. The Labute approximate surface area is 191 Å². The van der Waals surface area contributed by atoms with Crippen molar-refractivity contribution in [2.45, 2.75) is 43.9 Å². The van der Waals surface area contributed by atoms with Crippen LogP contribution in [0.3, 0.4) is 0 Å². The SMILES string of the molecule is CN(c1ncc(F)cc1F)C1CCN(C(=O)C2(F)CCN(Cc3ccnc(N)c3)CC2)CC1. The first-order valence-electron chi connectivity index (χ1n) is 11.2. The van der Waals surface area contributed by atoms with E-state index in [9.17, 15) is 13.6 Å². The van der Waals surface area contributed by atoms with E-state index < -0.39 is 23.2 Å². The van der Waals surface area contributed by atoms with Crippen LogP contribution in [-0.2, 0) is 11.3 Å². The highest BCUT2D eigenvalue weighted by atomic mass is 19.1. The Kier molecular flexibility index (Phi) is 6.73. The largest absolute Gasteiger partial charge is 0.384 e. The number of hydrogen-bond donors (Lipinski definition) is 1. The van der Waals surface area contributed by atoms with Crippen molar-refractivity contribution in [3.8, 4) is 0 Å². The Morgan fingerprint density at radius 1 is 1.18 bits per heavy atom. The van der Waals surface area contributed by atoms with Gasteiger partial charge in [0.15, 0.2) is 17.3 Å². The minimum absolute atomic E-state index is 0.0632. The van der Waals surface area contributed by atoms with Crippen molar-refractivity contribution in [2.75, 3.05) is 43.9 Å². The average Bonchev–Trinajstić information content (AvgIpc) is 2.80. The molecule has 1 amide bonds. The van der Waals surface area contributed by atoms with Crippen molar-refractivity contribution in [1.29, 1.82) is 0 Å². The zero-order valence-corrected chi connectivity index (χ0v) is 18.7. The van der Waals surface area contributed by atoms with Gasteiger partial charge in [-0.2, -0.15) is 0 Å². The van der Waals surface area contributed by atoms with E-state index in [1.54, 1.807) is 29.1 Å². The first-order chi connectivity index (χ1) is 15.7. The lowest BCUT2D eigenvalue weighted by Crippen LogP contribution is -2.55. The van der Waals surface area contributed by atoms with Gasteiger partial charge in [0.05, 0.1) is 6.20 Å². The Morgan fingerprint density at radius 3 is 2.52 bits per heavy atom. The molecule has 178 valence electrons. The monoisotopic (exact) mass is 462 g/mol. The molecule has 2 N–H and O–H groups in total. The lowest BCUT2D eigenvalue weighted by atomic mass is 9.90. The normalized spacial score (nSPS) is 19.5. The molecule has 7 nitrogen and oxygen atoms in total. The molecule has 2 aromatic rings. The van der Waals surface area contributed by atoms with Gasteiger partial charge in [0.1, 0.15) is 11.6 Å². The lowest BCUT2D eigenvalue weighted by Gasteiger charge is -2.42. The van der Waals surface area contributed by atoms with Gasteiger partial charge in [0.2, 0.25) is 0 Å². The highest BCUT2D eigenvalue weighted by Crippen LogP contribution is 2.32. The van der Waals surface area contributed by atoms with Crippen molar-refractivity contribution < 1.29 is 18.0 Å². The van der Waals surface area contributed by atoms with E-state index in [4.69, 9.17) is 5.73 Å². The molecule has 2 aromatic heterocycles. The number of aromatic nitrogens is 2. The highest BCUT2D eigenvalue weighted by molar-refractivity contribution is 5.85. The molecule has 0 aromatic carbocycles. The molecule has 2 aliphatic heterocycles. The van der Waals surface area contributed by atoms with Crippen LogP contribution in [-0.4, -0.2) is 70.6 Å². The van der Waals surface area contributed by atoms with Crippen LogP contribution in [0, 0.1) is 11.6 Å². The molecule has 0 bridgehead atoms. The molecule has 2 fully saturated rings. The maximum absolute atomic E-state index is 15.6. The number of likely N-dealkylation sites (tertiary alicyclic amines) is 2. The summed E-state index contributed by atoms with van der Waals surface area (Å²) < 4.78 is 42.8. The van der Waals surface area contributed by atoms with Gasteiger partial charge >= 0.3 is 0 Å². The van der Waals surface area contributed by atoms with Crippen LogP contribution in [0.5, 0.6) is 0 Å². The summed E-state index contributed by atoms with van der Waals surface area (Å²) in [5.41, 5.74) is 4.87. The first-order valence-corrected chi connectivity index (χ1v) is 11.2. The summed E-state index contributed by atoms with van der Waals surface area (Å²) in [6.07, 6.45) is 4.06. The third kappa shape index (κ3) is 5.21. The van der Waals surface area contributed by atoms with Crippen LogP contribution >= 0.6 is 0 Å². The number of anilines is 2. The molecule has 4 heterocycles. The van der Waals surface area contributed by atoms with E-state index >= 15 is 4.39 Å². The number of rotatable bonds is 5. The van der Waals surface area contributed by atoms with E-state index in [0.717, 1.165) is 17.8 Å². The number of pyridine rings is 2. The number of amides is 1. The number of nitrogens with two attached hydrogens (primary N) is 1. The van der Waals surface area contributed by atoms with Gasteiger partial charge in [0, 0.05) is 70.9 Å². The topological polar surface area (TPSA) is 78.6 Å². The Bertz CT molecular complexity index is 990. The minimum Gasteiger partial charge on any atom is -0.384 e. The maximum Gasteiger partial charge on any atom is 0.260 e. The van der Waals surface area contributed by atoms with E-state index in [-0.39, 0.29) is 24.7 Å². The summed E-state index contributed by atoms with van der Waals surface area (Å²) in [5, 5.41) is 0. The van der Waals surface area contributed by atoms with Crippen molar-refractivity contribution in [3.63, 3.8) is 0 Å². The molecule has 0 atom stereocenters. The molecule has 10 heteroatoms. The van der Waals surface area contributed by atoms with Crippen LogP contribution in [0.1, 0.15) is 31.2 Å². The predicted octanol–water partition coefficient (Wildman–Crippen LogP) is 2.77. The molecule has 0 aliphatic carbocycles. The zero-order chi connectivity index (χ0) is 23.6. The quantitative estimate of drug-likeness (QED) is 0.736. The van der Waals surface area contributed by atoms with Gasteiger partial charge in [-0.05, 0) is 30.5 Å². The molecular weight excluding hydrogens is 433 g/mol. The maximum atomic E-state index is 15.6. The fourth-order valence-corrected chi connectivity index (χ4v) is 4.71. The number of carbonyl (C=O) groups excluding carboxylic acids is 1. The fourth-order valence-electron chi connectivity index (χ4n) is 4.71. The standard InChI is InChI=1S/C23H29F3N6O/c1-30(21-19(25)13-17(24)14-29-21)18-3-8-32(9-4-18)22(33)23(26)5-10-31(11-6-23)15-16-2-7-28-20(27)12-16/h2,7,12-14,18H,3-6,8-11,15H2,1H3,(H2,27,28). The van der Waals surface area contributed by atoms with Crippen molar-refractivity contribution in [2.24, 2.45) is 0 Å². The van der Waals surface area contributed by atoms with E-state index in [0.29, 0.717) is 51.4 Å². The second kappa shape index (κ2) is 9.54. The van der Waals surface area contributed by atoms with Gasteiger partial charge in [-0.15, -0.1) is 0 Å². The summed E-state index contributed by atoms with van der Waals surface area (Å²) in [7, 11) is 1.70. The molecule has 4 rings (SSSR count). The number of nitrogens with zero attached hydrogens (tertiary/aromatic N) is 5. The number of carbonyl (C=O) groups is 1. The number of halogens is 3. The smallest absolute Gasteiger partial charge is 0.260 e. The molecular formula is C23H29F3N6O. The van der Waals surface area contributed by atoms with Gasteiger partial charge in [-0.25, -0.2) is 23.1 Å². The van der Waals surface area contributed by atoms with Gasteiger partial charge in [-0.1, -0.05) is 0 Å². The fraction of sp³-hybridized carbons (Fsp3) is 0.522. The summed E-state index contributed by atoms with van der Waals surface area (Å²) in [6, 6.07) is 4.43. The average molecular weight is 463 g/mol. The molecule has 33 heavy (non-hydrogen) atoms. The molecule has 2 saturated heterocycles. The third-order valence-electron chi connectivity index (χ3n) is 6.71. The van der Waals surface area contributed by atoms with E-state index in [2.05, 4.69) is 14.9 Å². The number of hydrogen-bond acceptors (Lipinski definition) is 6. The summed E-state index contributed by atoms with van der Waals surface area (Å²) in [6.45, 7) is 2.39. The van der Waals surface area contributed by atoms with Crippen LogP contribution in [0.2, 0.25) is 0 Å². The summed E-state index contributed by atoms with van der Waals surface area (Å²) in [5.74, 6) is -1.38. The van der Waals surface area contributed by atoms with Crippen LogP contribution < -0.4 is 10.6 Å². The number of piperidine rings is 2.